The van der Waals surface area contributed by atoms with Crippen LogP contribution in [0.5, 0.6) is 0 Å². The number of aromatic nitrogens is 8. The number of ether oxygens (including phenoxy) is 1. The minimum absolute atomic E-state index is 0.221. The third-order valence-electron chi connectivity index (χ3n) is 6.59. The molecular formula is C26H26ClN9O3. The molecule has 39 heavy (non-hydrogen) atoms. The lowest BCUT2D eigenvalue weighted by Gasteiger charge is -2.10. The van der Waals surface area contributed by atoms with Crippen molar-refractivity contribution in [2.75, 3.05) is 19.0 Å². The molecule has 4 aromatic heterocycles. The summed E-state index contributed by atoms with van der Waals surface area (Å²) >= 11 is 6.51. The Morgan fingerprint density at radius 1 is 1.23 bits per heavy atom. The molecule has 1 aromatic carbocycles. The van der Waals surface area contributed by atoms with Crippen LogP contribution in [0.4, 0.5) is 5.69 Å². The molecule has 0 spiro atoms. The van der Waals surface area contributed by atoms with Gasteiger partial charge in [0.1, 0.15) is 0 Å². The van der Waals surface area contributed by atoms with E-state index in [4.69, 9.17) is 16.3 Å². The summed E-state index contributed by atoms with van der Waals surface area (Å²) in [7, 11) is 1.54. The van der Waals surface area contributed by atoms with Crippen LogP contribution in [0.15, 0.2) is 49.1 Å². The van der Waals surface area contributed by atoms with E-state index < -0.39 is 6.10 Å². The number of benzene rings is 1. The number of hydrogen-bond donors (Lipinski definition) is 2. The van der Waals surface area contributed by atoms with Gasteiger partial charge >= 0.3 is 0 Å². The molecule has 1 fully saturated rings. The van der Waals surface area contributed by atoms with Crippen LogP contribution in [0, 0.1) is 6.92 Å². The fraction of sp³-hybridized carbons (Fsp3) is 0.308. The number of anilines is 1. The molecule has 4 heterocycles. The first-order chi connectivity index (χ1) is 18.9. The van der Waals surface area contributed by atoms with E-state index >= 15 is 0 Å². The Morgan fingerprint density at radius 3 is 2.87 bits per heavy atom. The van der Waals surface area contributed by atoms with Crippen LogP contribution in [0.3, 0.4) is 0 Å². The third-order valence-corrected chi connectivity index (χ3v) is 6.91. The number of aryl methyl sites for hydroxylation is 1. The minimum atomic E-state index is -0.662. The van der Waals surface area contributed by atoms with E-state index in [0.717, 1.165) is 35.1 Å². The van der Waals surface area contributed by atoms with Crippen LogP contribution < -0.4 is 5.32 Å². The molecule has 1 aliphatic carbocycles. The topological polar surface area (TPSA) is 137 Å². The van der Waals surface area contributed by atoms with E-state index in [-0.39, 0.29) is 12.5 Å². The molecule has 0 bridgehead atoms. The molecule has 0 aliphatic heterocycles. The Bertz CT molecular complexity index is 1670. The monoisotopic (exact) mass is 547 g/mol. The van der Waals surface area contributed by atoms with Gasteiger partial charge in [-0.2, -0.15) is 15.0 Å². The summed E-state index contributed by atoms with van der Waals surface area (Å²) in [6.45, 7) is 2.44. The summed E-state index contributed by atoms with van der Waals surface area (Å²) in [4.78, 5) is 15.0. The smallest absolute Gasteiger partial charge is 0.259 e. The summed E-state index contributed by atoms with van der Waals surface area (Å²) in [5.74, 6) is 0.134. The second-order valence-electron chi connectivity index (χ2n) is 9.63. The number of carbonyl (C=O) groups excluding carboxylic acids is 1. The van der Waals surface area contributed by atoms with E-state index in [0.29, 0.717) is 40.2 Å². The summed E-state index contributed by atoms with van der Waals surface area (Å²) in [5.41, 5.74) is 4.76. The van der Waals surface area contributed by atoms with Crippen molar-refractivity contribution < 1.29 is 14.6 Å². The van der Waals surface area contributed by atoms with Crippen molar-refractivity contribution in [2.24, 2.45) is 0 Å². The maximum absolute atomic E-state index is 13.4. The molecule has 5 aromatic rings. The number of nitrogens with zero attached hydrogens (tertiary/aromatic N) is 8. The summed E-state index contributed by atoms with van der Waals surface area (Å²) in [5, 5.41) is 34.8. The fourth-order valence-electron chi connectivity index (χ4n) is 4.40. The number of hydrogen-bond acceptors (Lipinski definition) is 8. The van der Waals surface area contributed by atoms with Gasteiger partial charge in [0.15, 0.2) is 0 Å². The molecule has 13 heteroatoms. The molecule has 0 saturated heterocycles. The Hall–Kier alpha value is -4.13. The number of carbonyl (C=O) groups is 1. The standard InChI is InChI=1S/C26H26ClN9O3/c1-15-7-22(27)23(9-20(15)25-31-33-36(32-25)18-3-4-18)30-26(38)21-11-29-35-6-5-16(8-24(21)35)17-10-28-34(12-17)13-19(37)14-39-2/h5-12,18-19,37H,3-4,13-14H2,1-2H3,(H,30,38)/t19-/m0/s1. The Kier molecular flexibility index (Phi) is 6.59. The lowest BCUT2D eigenvalue weighted by molar-refractivity contribution is 0.0514. The SMILES string of the molecule is COC[C@@H](O)Cn1cc(-c2ccn3ncc(C(=O)Nc4cc(-c5nnn(C6CC6)n5)c(C)cc4Cl)c3c2)cn1. The van der Waals surface area contributed by atoms with Gasteiger partial charge in [-0.25, -0.2) is 4.52 Å². The van der Waals surface area contributed by atoms with Crippen molar-refractivity contribution in [3.63, 3.8) is 0 Å². The maximum atomic E-state index is 13.4. The van der Waals surface area contributed by atoms with E-state index in [1.54, 1.807) is 38.5 Å². The van der Waals surface area contributed by atoms with Crippen molar-refractivity contribution in [3.8, 4) is 22.5 Å². The number of nitrogens with one attached hydrogen (secondary N) is 1. The molecule has 6 rings (SSSR count). The first-order valence-corrected chi connectivity index (χ1v) is 12.9. The normalized spacial score (nSPS) is 14.2. The van der Waals surface area contributed by atoms with Gasteiger partial charge in [0.25, 0.3) is 5.91 Å². The van der Waals surface area contributed by atoms with Gasteiger partial charge in [0.05, 0.1) is 59.5 Å². The summed E-state index contributed by atoms with van der Waals surface area (Å²) in [6.07, 6.45) is 8.29. The summed E-state index contributed by atoms with van der Waals surface area (Å²) in [6, 6.07) is 7.62. The number of halogens is 1. The Labute approximate surface area is 228 Å². The second kappa shape index (κ2) is 10.2. The van der Waals surface area contributed by atoms with Crippen molar-refractivity contribution >= 4 is 28.7 Å². The zero-order chi connectivity index (χ0) is 27.1. The van der Waals surface area contributed by atoms with E-state index in [9.17, 15) is 9.90 Å². The van der Waals surface area contributed by atoms with E-state index in [2.05, 4.69) is 30.9 Å². The number of fused-ring (bicyclic) bond motifs is 1. The number of amides is 1. The van der Waals surface area contributed by atoms with Crippen molar-refractivity contribution in [1.29, 1.82) is 0 Å². The average Bonchev–Trinajstić information content (AvgIpc) is 3.27. The highest BCUT2D eigenvalue weighted by Gasteiger charge is 2.27. The van der Waals surface area contributed by atoms with Crippen molar-refractivity contribution in [3.05, 3.63) is 65.2 Å². The molecule has 12 nitrogen and oxygen atoms in total. The van der Waals surface area contributed by atoms with Gasteiger partial charge in [-0.05, 0) is 60.4 Å². The lowest BCUT2D eigenvalue weighted by Crippen LogP contribution is -2.21. The number of aliphatic hydroxyl groups is 1. The van der Waals surface area contributed by atoms with Crippen LogP contribution in [-0.2, 0) is 11.3 Å². The molecule has 200 valence electrons. The Balaban J connectivity index is 1.25. The number of methoxy groups -OCH3 is 1. The lowest BCUT2D eigenvalue weighted by atomic mass is 10.1. The molecule has 0 radical (unpaired) electrons. The van der Waals surface area contributed by atoms with E-state index in [1.165, 1.54) is 13.3 Å². The van der Waals surface area contributed by atoms with Gasteiger partial charge in [-0.15, -0.1) is 10.2 Å². The number of pyridine rings is 1. The zero-order valence-electron chi connectivity index (χ0n) is 21.3. The van der Waals surface area contributed by atoms with Crippen LogP contribution in [0.25, 0.3) is 28.0 Å². The molecule has 1 atom stereocenters. The number of tetrazole rings is 1. The highest BCUT2D eigenvalue weighted by atomic mass is 35.5. The van der Waals surface area contributed by atoms with Gasteiger partial charge in [-0.3, -0.25) is 9.48 Å². The first-order valence-electron chi connectivity index (χ1n) is 12.5. The van der Waals surface area contributed by atoms with Crippen molar-refractivity contribution in [2.45, 2.75) is 38.5 Å². The number of rotatable bonds is 9. The molecule has 2 N–H and O–H groups in total. The predicted molar refractivity (Wildman–Crippen MR) is 144 cm³/mol. The quantitative estimate of drug-likeness (QED) is 0.286. The average molecular weight is 548 g/mol. The highest BCUT2D eigenvalue weighted by Crippen LogP contribution is 2.35. The van der Waals surface area contributed by atoms with Crippen LogP contribution in [0.1, 0.15) is 34.8 Å². The van der Waals surface area contributed by atoms with Crippen LogP contribution in [-0.4, -0.2) is 70.4 Å². The zero-order valence-corrected chi connectivity index (χ0v) is 22.1. The van der Waals surface area contributed by atoms with Crippen LogP contribution in [0.2, 0.25) is 5.02 Å². The van der Waals surface area contributed by atoms with Crippen LogP contribution >= 0.6 is 11.6 Å². The fourth-order valence-corrected chi connectivity index (χ4v) is 4.67. The Morgan fingerprint density at radius 2 is 2.08 bits per heavy atom. The predicted octanol–water partition coefficient (Wildman–Crippen LogP) is 3.41. The largest absolute Gasteiger partial charge is 0.389 e. The summed E-state index contributed by atoms with van der Waals surface area (Å²) < 4.78 is 8.27. The first kappa shape index (κ1) is 25.2. The molecular weight excluding hydrogens is 522 g/mol. The van der Waals surface area contributed by atoms with Gasteiger partial charge in [0.2, 0.25) is 5.82 Å². The van der Waals surface area contributed by atoms with Gasteiger partial charge < -0.3 is 15.2 Å². The molecule has 1 aliphatic rings. The molecule has 0 unspecified atom stereocenters. The molecule has 1 saturated carbocycles. The third kappa shape index (κ3) is 5.13. The van der Waals surface area contributed by atoms with E-state index in [1.807, 2.05) is 25.3 Å². The highest BCUT2D eigenvalue weighted by molar-refractivity contribution is 6.34. The second-order valence-corrected chi connectivity index (χ2v) is 10.0. The maximum Gasteiger partial charge on any atom is 0.259 e. The van der Waals surface area contributed by atoms with Crippen molar-refractivity contribution in [1.82, 2.24) is 39.6 Å². The van der Waals surface area contributed by atoms with Gasteiger partial charge in [0, 0.05) is 30.6 Å². The van der Waals surface area contributed by atoms with Gasteiger partial charge in [-0.1, -0.05) is 11.6 Å². The molecule has 1 amide bonds. The minimum Gasteiger partial charge on any atom is -0.389 e. The number of aliphatic hydroxyl groups excluding tert-OH is 1.